The molecule has 0 spiro atoms. The van der Waals surface area contributed by atoms with Crippen LogP contribution in [0.15, 0.2) is 24.3 Å². The molecule has 0 radical (unpaired) electrons. The van der Waals surface area contributed by atoms with Crippen molar-refractivity contribution in [2.24, 2.45) is 0 Å². The van der Waals surface area contributed by atoms with Crippen LogP contribution < -0.4 is 4.90 Å². The number of para-hydroxylation sites is 1. The third kappa shape index (κ3) is 1.67. The lowest BCUT2D eigenvalue weighted by Crippen LogP contribution is -2.44. The van der Waals surface area contributed by atoms with Gasteiger partial charge in [0.25, 0.3) is 0 Å². The molecule has 1 aliphatic heterocycles. The number of anilines is 1. The highest BCUT2D eigenvalue weighted by Crippen LogP contribution is 2.33. The average Bonchev–Trinajstić information content (AvgIpc) is 2.67. The van der Waals surface area contributed by atoms with Gasteiger partial charge in [-0.2, -0.15) is 0 Å². The van der Waals surface area contributed by atoms with Gasteiger partial charge in [-0.25, -0.2) is 0 Å². The Balaban J connectivity index is 2.41. The Bertz CT molecular complexity index is 436. The fraction of sp³-hybridized carbons (Fsp3) is 0.273. The van der Waals surface area contributed by atoms with Crippen molar-refractivity contribution in [3.63, 3.8) is 0 Å². The molecule has 1 aromatic rings. The number of nitrogens with zero attached hydrogens (tertiary/aromatic N) is 2. The van der Waals surface area contributed by atoms with Crippen LogP contribution in [-0.4, -0.2) is 22.8 Å². The average molecular weight is 236 g/mol. The van der Waals surface area contributed by atoms with Gasteiger partial charge in [-0.3, -0.25) is 18.8 Å². The van der Waals surface area contributed by atoms with Crippen LogP contribution in [0.4, 0.5) is 5.69 Å². The van der Waals surface area contributed by atoms with Crippen molar-refractivity contribution in [3.8, 4) is 0 Å². The van der Waals surface area contributed by atoms with E-state index in [4.69, 9.17) is 0 Å². The molecule has 0 aromatic heterocycles. The van der Waals surface area contributed by atoms with Crippen molar-refractivity contribution in [2.45, 2.75) is 19.5 Å². The summed E-state index contributed by atoms with van der Waals surface area (Å²) in [4.78, 5) is 23.9. The maximum Gasteiger partial charge on any atom is 0.225 e. The fourth-order valence-corrected chi connectivity index (χ4v) is 2.21. The van der Waals surface area contributed by atoms with Crippen LogP contribution in [0, 0.1) is 0 Å². The van der Waals surface area contributed by atoms with E-state index in [2.05, 4.69) is 12.8 Å². The summed E-state index contributed by atoms with van der Waals surface area (Å²) >= 11 is 4.05. The number of thiol groups is 1. The smallest absolute Gasteiger partial charge is 0.225 e. The van der Waals surface area contributed by atoms with Crippen molar-refractivity contribution < 1.29 is 9.59 Å². The summed E-state index contributed by atoms with van der Waals surface area (Å²) in [6, 6.07) is 7.63. The SMILES string of the molecule is CC(=O)N1c2ccccc2CC1N(S)C=O. The molecule has 0 bridgehead atoms. The van der Waals surface area contributed by atoms with E-state index >= 15 is 0 Å². The van der Waals surface area contributed by atoms with E-state index in [9.17, 15) is 9.59 Å². The maximum atomic E-state index is 11.6. The summed E-state index contributed by atoms with van der Waals surface area (Å²) in [6.45, 7) is 1.49. The Morgan fingerprint density at radius 2 is 2.25 bits per heavy atom. The molecule has 2 rings (SSSR count). The summed E-state index contributed by atoms with van der Waals surface area (Å²) in [5.74, 6) is -0.0872. The monoisotopic (exact) mass is 236 g/mol. The predicted molar refractivity (Wildman–Crippen MR) is 64.0 cm³/mol. The first-order valence-electron chi connectivity index (χ1n) is 4.95. The summed E-state index contributed by atoms with van der Waals surface area (Å²) < 4.78 is 1.22. The van der Waals surface area contributed by atoms with Crippen LogP contribution >= 0.6 is 12.8 Å². The van der Waals surface area contributed by atoms with Crippen molar-refractivity contribution >= 4 is 30.8 Å². The highest BCUT2D eigenvalue weighted by molar-refractivity contribution is 7.78. The van der Waals surface area contributed by atoms with E-state index in [1.165, 1.54) is 11.2 Å². The minimum absolute atomic E-state index is 0.0872. The zero-order valence-corrected chi connectivity index (χ0v) is 9.72. The first kappa shape index (κ1) is 11.0. The van der Waals surface area contributed by atoms with Gasteiger partial charge in [0.15, 0.2) is 0 Å². The van der Waals surface area contributed by atoms with Crippen LogP contribution in [0.1, 0.15) is 12.5 Å². The van der Waals surface area contributed by atoms with Crippen LogP contribution in [0.3, 0.4) is 0 Å². The number of hydrogen-bond donors (Lipinski definition) is 1. The number of carbonyl (C=O) groups is 2. The second-order valence-electron chi connectivity index (χ2n) is 3.69. The predicted octanol–water partition coefficient (Wildman–Crippen LogP) is 1.22. The molecule has 1 heterocycles. The van der Waals surface area contributed by atoms with Gasteiger partial charge in [0, 0.05) is 19.0 Å². The first-order valence-corrected chi connectivity index (χ1v) is 5.35. The zero-order valence-electron chi connectivity index (χ0n) is 8.83. The largest absolute Gasteiger partial charge is 0.290 e. The zero-order chi connectivity index (χ0) is 11.7. The molecule has 84 valence electrons. The molecule has 0 aliphatic carbocycles. The van der Waals surface area contributed by atoms with Crippen molar-refractivity contribution in [1.82, 2.24) is 4.31 Å². The fourth-order valence-electron chi connectivity index (χ4n) is 2.03. The lowest BCUT2D eigenvalue weighted by Gasteiger charge is -2.28. The van der Waals surface area contributed by atoms with E-state index in [-0.39, 0.29) is 12.1 Å². The molecule has 1 aliphatic rings. The number of fused-ring (bicyclic) bond motifs is 1. The third-order valence-electron chi connectivity index (χ3n) is 2.70. The normalized spacial score (nSPS) is 18.1. The standard InChI is InChI=1S/C11H12N2O2S/c1-8(15)13-10-5-3-2-4-9(10)6-11(13)12(16)7-14/h2-5,7,11,16H,6H2,1H3. The summed E-state index contributed by atoms with van der Waals surface area (Å²) in [5.41, 5.74) is 1.92. The molecule has 1 aromatic carbocycles. The maximum absolute atomic E-state index is 11.6. The van der Waals surface area contributed by atoms with Crippen LogP contribution in [0.5, 0.6) is 0 Å². The van der Waals surface area contributed by atoms with Gasteiger partial charge < -0.3 is 0 Å². The Labute approximate surface area is 99.4 Å². The number of hydrogen-bond acceptors (Lipinski definition) is 3. The van der Waals surface area contributed by atoms with E-state index in [1.807, 2.05) is 24.3 Å². The number of amides is 2. The minimum atomic E-state index is -0.323. The third-order valence-corrected chi connectivity index (χ3v) is 3.07. The quantitative estimate of drug-likeness (QED) is 0.619. The number of rotatable bonds is 2. The summed E-state index contributed by atoms with van der Waals surface area (Å²) in [6.07, 6.45) is 0.920. The van der Waals surface area contributed by atoms with Crippen molar-refractivity contribution in [2.75, 3.05) is 4.90 Å². The van der Waals surface area contributed by atoms with Gasteiger partial charge in [0.1, 0.15) is 6.17 Å². The van der Waals surface area contributed by atoms with Gasteiger partial charge in [0.2, 0.25) is 12.3 Å². The molecule has 4 nitrogen and oxygen atoms in total. The van der Waals surface area contributed by atoms with Crippen LogP contribution in [0.25, 0.3) is 0 Å². The van der Waals surface area contributed by atoms with E-state index in [0.29, 0.717) is 12.8 Å². The van der Waals surface area contributed by atoms with Crippen molar-refractivity contribution in [3.05, 3.63) is 29.8 Å². The van der Waals surface area contributed by atoms with E-state index in [1.54, 1.807) is 4.90 Å². The Morgan fingerprint density at radius 3 is 2.88 bits per heavy atom. The Kier molecular flexibility index (Phi) is 2.87. The summed E-state index contributed by atoms with van der Waals surface area (Å²) in [5, 5.41) is 0. The first-order chi connectivity index (χ1) is 7.65. The molecule has 1 atom stereocenters. The molecule has 1 unspecified atom stereocenters. The second-order valence-corrected chi connectivity index (χ2v) is 4.15. The summed E-state index contributed by atoms with van der Waals surface area (Å²) in [7, 11) is 0. The second kappa shape index (κ2) is 4.17. The molecule has 16 heavy (non-hydrogen) atoms. The molecule has 5 heteroatoms. The van der Waals surface area contributed by atoms with Gasteiger partial charge in [-0.05, 0) is 11.6 Å². The molecular formula is C11H12N2O2S. The molecule has 0 saturated heterocycles. The van der Waals surface area contributed by atoms with Gasteiger partial charge in [-0.15, -0.1) is 0 Å². The topological polar surface area (TPSA) is 40.6 Å². The van der Waals surface area contributed by atoms with Crippen LogP contribution in [0.2, 0.25) is 0 Å². The number of benzene rings is 1. The minimum Gasteiger partial charge on any atom is -0.290 e. The molecule has 0 saturated carbocycles. The molecule has 0 N–H and O–H groups in total. The van der Waals surface area contributed by atoms with E-state index in [0.717, 1.165) is 11.3 Å². The highest BCUT2D eigenvalue weighted by atomic mass is 32.1. The van der Waals surface area contributed by atoms with Gasteiger partial charge >= 0.3 is 0 Å². The Hall–Kier alpha value is -1.49. The lowest BCUT2D eigenvalue weighted by molar-refractivity contribution is -0.118. The molecular weight excluding hydrogens is 224 g/mol. The number of carbonyl (C=O) groups excluding carboxylic acids is 2. The Morgan fingerprint density at radius 1 is 1.56 bits per heavy atom. The van der Waals surface area contributed by atoms with Gasteiger partial charge in [-0.1, -0.05) is 31.0 Å². The van der Waals surface area contributed by atoms with E-state index < -0.39 is 0 Å². The molecule has 0 fully saturated rings. The van der Waals surface area contributed by atoms with Gasteiger partial charge in [0.05, 0.1) is 0 Å². The highest BCUT2D eigenvalue weighted by Gasteiger charge is 2.34. The molecule has 2 amide bonds. The van der Waals surface area contributed by atoms with Crippen molar-refractivity contribution in [1.29, 1.82) is 0 Å². The lowest BCUT2D eigenvalue weighted by atomic mass is 10.1. The van der Waals surface area contributed by atoms with Crippen LogP contribution in [-0.2, 0) is 16.0 Å².